The van der Waals surface area contributed by atoms with Crippen LogP contribution in [0.3, 0.4) is 0 Å². The van der Waals surface area contributed by atoms with Gasteiger partial charge >= 0.3 is 5.97 Å². The largest absolute Gasteiger partial charge is 0.480 e. The zero-order chi connectivity index (χ0) is 8.55. The maximum Gasteiger partial charge on any atom is 0.325 e. The molecule has 1 aromatic heterocycles. The average molecular weight is 184 g/mol. The summed E-state index contributed by atoms with van der Waals surface area (Å²) < 4.78 is 1.57. The highest BCUT2D eigenvalue weighted by molar-refractivity contribution is 7.99. The summed E-state index contributed by atoms with van der Waals surface area (Å²) in [7, 11) is 0. The van der Waals surface area contributed by atoms with Gasteiger partial charge in [0.2, 0.25) is 0 Å². The molecule has 0 aliphatic carbocycles. The van der Waals surface area contributed by atoms with E-state index in [0.29, 0.717) is 0 Å². The van der Waals surface area contributed by atoms with Crippen LogP contribution in [0.2, 0.25) is 0 Å². The Hall–Kier alpha value is -0.970. The van der Waals surface area contributed by atoms with Crippen LogP contribution in [0.5, 0.6) is 0 Å². The number of nitrogens with zero attached hydrogens (tertiary/aromatic N) is 2. The highest BCUT2D eigenvalue weighted by Crippen LogP contribution is 2.30. The van der Waals surface area contributed by atoms with Gasteiger partial charge in [-0.25, -0.2) is 0 Å². The molecule has 1 aliphatic heterocycles. The SMILES string of the molecule is O=C(O)Cn1ncc2c1CCS2. The molecule has 0 fully saturated rings. The Bertz CT molecular complexity index is 321. The molecule has 2 heterocycles. The van der Waals surface area contributed by atoms with E-state index in [9.17, 15) is 4.79 Å². The van der Waals surface area contributed by atoms with Gasteiger partial charge in [-0.3, -0.25) is 9.48 Å². The van der Waals surface area contributed by atoms with Crippen molar-refractivity contribution >= 4 is 17.7 Å². The van der Waals surface area contributed by atoms with Gasteiger partial charge in [0.1, 0.15) is 6.54 Å². The van der Waals surface area contributed by atoms with Crippen LogP contribution in [-0.2, 0) is 17.8 Å². The van der Waals surface area contributed by atoms with E-state index in [-0.39, 0.29) is 6.54 Å². The van der Waals surface area contributed by atoms with Crippen LogP contribution in [0.15, 0.2) is 11.1 Å². The van der Waals surface area contributed by atoms with Crippen LogP contribution in [0, 0.1) is 0 Å². The molecule has 0 amide bonds. The Morgan fingerprint density at radius 2 is 2.67 bits per heavy atom. The van der Waals surface area contributed by atoms with E-state index in [1.54, 1.807) is 22.6 Å². The standard InChI is InChI=1S/C7H8N2O2S/c10-7(11)4-9-5-1-2-12-6(5)3-8-9/h3H,1-2,4H2,(H,10,11). The zero-order valence-electron chi connectivity index (χ0n) is 6.36. The molecule has 1 aromatic rings. The molecule has 0 radical (unpaired) electrons. The first kappa shape index (κ1) is 7.67. The van der Waals surface area contributed by atoms with Crippen molar-refractivity contribution in [3.05, 3.63) is 11.9 Å². The number of rotatable bonds is 2. The van der Waals surface area contributed by atoms with Crippen LogP contribution in [-0.4, -0.2) is 26.6 Å². The topological polar surface area (TPSA) is 55.1 Å². The lowest BCUT2D eigenvalue weighted by Gasteiger charge is -1.99. The van der Waals surface area contributed by atoms with Crippen LogP contribution in [0.25, 0.3) is 0 Å². The highest BCUT2D eigenvalue weighted by atomic mass is 32.2. The van der Waals surface area contributed by atoms with Gasteiger partial charge in [-0.2, -0.15) is 5.10 Å². The van der Waals surface area contributed by atoms with Crippen molar-refractivity contribution in [2.24, 2.45) is 0 Å². The lowest BCUT2D eigenvalue weighted by molar-refractivity contribution is -0.137. The van der Waals surface area contributed by atoms with Gasteiger partial charge in [-0.05, 0) is 6.42 Å². The average Bonchev–Trinajstić information content (AvgIpc) is 2.52. The highest BCUT2D eigenvalue weighted by Gasteiger charge is 2.17. The molecule has 1 aliphatic rings. The normalized spacial score (nSPS) is 14.7. The van der Waals surface area contributed by atoms with Crippen molar-refractivity contribution in [2.75, 3.05) is 5.75 Å². The van der Waals surface area contributed by atoms with E-state index >= 15 is 0 Å². The second-order valence-electron chi connectivity index (χ2n) is 2.61. The number of carboxylic acids is 1. The summed E-state index contributed by atoms with van der Waals surface area (Å²) in [5, 5.41) is 12.5. The molecule has 0 spiro atoms. The number of thioether (sulfide) groups is 1. The molecule has 5 heteroatoms. The molecule has 12 heavy (non-hydrogen) atoms. The molecule has 64 valence electrons. The Kier molecular flexibility index (Phi) is 1.80. The first-order valence-corrected chi connectivity index (χ1v) is 4.65. The van der Waals surface area contributed by atoms with Crippen LogP contribution in [0.4, 0.5) is 0 Å². The minimum atomic E-state index is -0.835. The van der Waals surface area contributed by atoms with Gasteiger partial charge in [0.15, 0.2) is 0 Å². The Balaban J connectivity index is 2.27. The third-order valence-corrected chi connectivity index (χ3v) is 2.85. The molecule has 0 saturated heterocycles. The van der Waals surface area contributed by atoms with E-state index in [1.165, 1.54) is 0 Å². The van der Waals surface area contributed by atoms with Gasteiger partial charge in [0.05, 0.1) is 11.9 Å². The number of fused-ring (bicyclic) bond motifs is 1. The summed E-state index contributed by atoms with van der Waals surface area (Å²) in [6.07, 6.45) is 2.68. The van der Waals surface area contributed by atoms with Gasteiger partial charge in [-0.15, -0.1) is 11.8 Å². The predicted molar refractivity (Wildman–Crippen MR) is 44.3 cm³/mol. The lowest BCUT2D eigenvalue weighted by atomic mass is 10.3. The molecule has 4 nitrogen and oxygen atoms in total. The smallest absolute Gasteiger partial charge is 0.325 e. The van der Waals surface area contributed by atoms with E-state index in [2.05, 4.69) is 5.10 Å². The quantitative estimate of drug-likeness (QED) is 0.732. The number of hydrogen-bond acceptors (Lipinski definition) is 3. The van der Waals surface area contributed by atoms with E-state index in [0.717, 1.165) is 22.8 Å². The second-order valence-corrected chi connectivity index (χ2v) is 3.74. The minimum absolute atomic E-state index is 0.0180. The van der Waals surface area contributed by atoms with Crippen LogP contribution < -0.4 is 0 Å². The summed E-state index contributed by atoms with van der Waals surface area (Å²) >= 11 is 1.74. The van der Waals surface area contributed by atoms with Gasteiger partial charge in [0.25, 0.3) is 0 Å². The van der Waals surface area contributed by atoms with Crippen LogP contribution >= 0.6 is 11.8 Å². The first-order chi connectivity index (χ1) is 5.77. The van der Waals surface area contributed by atoms with Gasteiger partial charge in [-0.1, -0.05) is 0 Å². The third kappa shape index (κ3) is 1.20. The Labute approximate surface area is 73.6 Å². The van der Waals surface area contributed by atoms with E-state index in [4.69, 9.17) is 5.11 Å². The fourth-order valence-corrected chi connectivity index (χ4v) is 2.30. The van der Waals surface area contributed by atoms with Crippen molar-refractivity contribution in [3.8, 4) is 0 Å². The summed E-state index contributed by atoms with van der Waals surface area (Å²) in [4.78, 5) is 11.5. The lowest BCUT2D eigenvalue weighted by Crippen LogP contribution is -2.12. The molecule has 0 aromatic carbocycles. The Morgan fingerprint density at radius 1 is 1.83 bits per heavy atom. The number of hydrogen-bond donors (Lipinski definition) is 1. The minimum Gasteiger partial charge on any atom is -0.480 e. The summed E-state index contributed by atoms with van der Waals surface area (Å²) in [5.41, 5.74) is 1.07. The third-order valence-electron chi connectivity index (χ3n) is 1.79. The fraction of sp³-hybridized carbons (Fsp3) is 0.429. The van der Waals surface area contributed by atoms with Crippen molar-refractivity contribution < 1.29 is 9.90 Å². The zero-order valence-corrected chi connectivity index (χ0v) is 7.17. The van der Waals surface area contributed by atoms with Crippen molar-refractivity contribution in [1.29, 1.82) is 0 Å². The number of carboxylic acid groups (broad SMARTS) is 1. The van der Waals surface area contributed by atoms with Crippen molar-refractivity contribution in [3.63, 3.8) is 0 Å². The Morgan fingerprint density at radius 3 is 3.42 bits per heavy atom. The number of aromatic nitrogens is 2. The molecule has 0 unspecified atom stereocenters. The van der Waals surface area contributed by atoms with Crippen molar-refractivity contribution in [1.82, 2.24) is 9.78 Å². The van der Waals surface area contributed by atoms with Gasteiger partial charge in [0, 0.05) is 10.6 Å². The summed E-state index contributed by atoms with van der Waals surface area (Å²) in [5.74, 6) is 0.213. The molecular weight excluding hydrogens is 176 g/mol. The maximum atomic E-state index is 10.4. The first-order valence-electron chi connectivity index (χ1n) is 3.66. The molecule has 1 N–H and O–H groups in total. The number of aliphatic carboxylic acids is 1. The molecule has 2 rings (SSSR count). The molecule has 0 saturated carbocycles. The van der Waals surface area contributed by atoms with E-state index in [1.807, 2.05) is 0 Å². The maximum absolute atomic E-state index is 10.4. The van der Waals surface area contributed by atoms with Gasteiger partial charge < -0.3 is 5.11 Å². The molecule has 0 bridgehead atoms. The second kappa shape index (κ2) is 2.82. The predicted octanol–water partition coefficient (Wildman–Crippen LogP) is 0.616. The number of carbonyl (C=O) groups is 1. The molecule has 0 atom stereocenters. The summed E-state index contributed by atoms with van der Waals surface area (Å²) in [6.45, 7) is -0.0180. The van der Waals surface area contributed by atoms with Crippen LogP contribution in [0.1, 0.15) is 5.69 Å². The molecular formula is C7H8N2O2S. The van der Waals surface area contributed by atoms with Crippen molar-refractivity contribution in [2.45, 2.75) is 17.9 Å². The summed E-state index contributed by atoms with van der Waals surface area (Å²) in [6, 6.07) is 0. The van der Waals surface area contributed by atoms with E-state index < -0.39 is 5.97 Å². The monoisotopic (exact) mass is 184 g/mol. The fourth-order valence-electron chi connectivity index (χ4n) is 1.29.